The van der Waals surface area contributed by atoms with Crippen LogP contribution >= 0.6 is 0 Å². The van der Waals surface area contributed by atoms with Crippen LogP contribution in [0.2, 0.25) is 0 Å². The van der Waals surface area contributed by atoms with Gasteiger partial charge in [-0.05, 0) is 286 Å². The number of hydrogen-bond acceptors (Lipinski definition) is 19. The number of phenols is 8. The molecule has 4 aromatic carbocycles. The van der Waals surface area contributed by atoms with Crippen molar-refractivity contribution >= 4 is 60.1 Å². The van der Waals surface area contributed by atoms with Gasteiger partial charge in [-0.3, -0.25) is 9.59 Å². The molecule has 11 N–H and O–H groups in total. The van der Waals surface area contributed by atoms with Gasteiger partial charge < -0.3 is 75.1 Å². The lowest BCUT2D eigenvalue weighted by Crippen LogP contribution is -2.63. The van der Waals surface area contributed by atoms with E-state index in [1.165, 1.54) is 85.0 Å². The number of aliphatic hydroxyl groups excluding tert-OH is 1. The van der Waals surface area contributed by atoms with E-state index in [0.717, 1.165) is 70.6 Å². The van der Waals surface area contributed by atoms with E-state index >= 15 is 0 Å². The summed E-state index contributed by atoms with van der Waals surface area (Å²) in [6.45, 7) is 13.3. The monoisotopic (exact) mass is 1450 g/mol. The third kappa shape index (κ3) is 16.4. The van der Waals surface area contributed by atoms with Gasteiger partial charge in [0.2, 0.25) is 0 Å². The lowest BCUT2D eigenvalue weighted by molar-refractivity contribution is -0.216. The first-order valence-corrected chi connectivity index (χ1v) is 37.5. The van der Waals surface area contributed by atoms with Gasteiger partial charge in [-0.25, -0.2) is 19.2 Å². The molecule has 8 fully saturated rings. The van der Waals surface area contributed by atoms with E-state index in [1.807, 2.05) is 0 Å². The zero-order chi connectivity index (χ0) is 75.6. The molecule has 566 valence electrons. The van der Waals surface area contributed by atoms with Gasteiger partial charge in [-0.15, -0.1) is 0 Å². The van der Waals surface area contributed by atoms with E-state index in [-0.39, 0.29) is 141 Å². The molecular formula is C84H104O21. The van der Waals surface area contributed by atoms with Gasteiger partial charge in [0, 0.05) is 48.5 Å². The van der Waals surface area contributed by atoms with Crippen molar-refractivity contribution < 1.29 is 104 Å². The number of aliphatic hydroxyl groups is 1. The zero-order valence-electron chi connectivity index (χ0n) is 60.8. The van der Waals surface area contributed by atoms with Gasteiger partial charge in [-0.2, -0.15) is 0 Å². The molecule has 0 heterocycles. The minimum absolute atomic E-state index is 0.0242. The van der Waals surface area contributed by atoms with Crippen molar-refractivity contribution in [2.45, 2.75) is 194 Å². The Kier molecular flexibility index (Phi) is 23.2. The highest BCUT2D eigenvalue weighted by molar-refractivity contribution is 5.89. The second kappa shape index (κ2) is 31.6. The number of hydrogen-bond donors (Lipinski definition) is 11. The maximum atomic E-state index is 13.5. The molecule has 0 bridgehead atoms. The van der Waals surface area contributed by atoms with Crippen molar-refractivity contribution in [2.24, 2.45) is 92.7 Å². The highest BCUT2D eigenvalue weighted by Gasteiger charge is 2.68. The number of carbonyl (C=O) groups excluding carboxylic acids is 4. The summed E-state index contributed by atoms with van der Waals surface area (Å²) in [5, 5.41) is 109. The van der Waals surface area contributed by atoms with Crippen molar-refractivity contribution in [3.05, 3.63) is 119 Å². The second-order valence-corrected chi connectivity index (χ2v) is 32.7. The number of benzene rings is 4. The van der Waals surface area contributed by atoms with E-state index in [9.17, 15) is 84.9 Å². The number of esters is 4. The molecule has 12 rings (SSSR count). The Morgan fingerprint density at radius 2 is 0.829 bits per heavy atom. The highest BCUT2D eigenvalue weighted by Crippen LogP contribution is 2.71. The van der Waals surface area contributed by atoms with Crippen molar-refractivity contribution in [3.63, 3.8) is 0 Å². The highest BCUT2D eigenvalue weighted by atomic mass is 16.6. The quantitative estimate of drug-likeness (QED) is 0.0169. The molecule has 4 aromatic rings. The summed E-state index contributed by atoms with van der Waals surface area (Å²) in [6.07, 6.45) is 22.8. The number of rotatable bonds is 20. The van der Waals surface area contributed by atoms with Crippen LogP contribution in [0.1, 0.15) is 186 Å². The number of ether oxygens (including phenoxy) is 4. The van der Waals surface area contributed by atoms with Gasteiger partial charge in [0.1, 0.15) is 24.4 Å². The fourth-order valence-corrected chi connectivity index (χ4v) is 21.8. The molecule has 0 spiro atoms. The Morgan fingerprint density at radius 1 is 0.429 bits per heavy atom. The number of phenolic OH excluding ortho intramolecular Hbond substituents is 8. The molecule has 6 unspecified atom stereocenters. The molecule has 105 heavy (non-hydrogen) atoms. The van der Waals surface area contributed by atoms with Crippen LogP contribution in [0.15, 0.2) is 97.1 Å². The van der Waals surface area contributed by atoms with Gasteiger partial charge in [-0.1, -0.05) is 65.8 Å². The Hall–Kier alpha value is -8.98. The summed E-state index contributed by atoms with van der Waals surface area (Å²) in [4.78, 5) is 75.8. The number of aromatic hydroxyl groups is 8. The molecule has 21 heteroatoms. The molecule has 8 aliphatic carbocycles. The third-order valence-corrected chi connectivity index (χ3v) is 27.3. The fraction of sp³-hybridized carbons (Fsp3) is 0.548. The summed E-state index contributed by atoms with van der Waals surface area (Å²) in [6, 6.07) is 17.2. The maximum absolute atomic E-state index is 13.5. The zero-order valence-corrected chi connectivity index (χ0v) is 60.8. The molecule has 0 radical (unpaired) electrons. The second-order valence-electron chi connectivity index (χ2n) is 32.7. The van der Waals surface area contributed by atoms with Crippen LogP contribution in [0.4, 0.5) is 0 Å². The fourth-order valence-electron chi connectivity index (χ4n) is 21.8. The summed E-state index contributed by atoms with van der Waals surface area (Å²) in [5.74, 6) is -3.57. The number of carboxylic acid groups (broad SMARTS) is 2. The average Bonchev–Trinajstić information content (AvgIpc) is 1.67. The Labute approximate surface area is 613 Å². The number of fused-ring (bicyclic) bond motifs is 10. The van der Waals surface area contributed by atoms with Crippen LogP contribution in [0.5, 0.6) is 46.0 Å². The molecule has 21 nitrogen and oxygen atoms in total. The van der Waals surface area contributed by atoms with Gasteiger partial charge in [0.05, 0.1) is 6.10 Å². The van der Waals surface area contributed by atoms with Crippen LogP contribution in [0.3, 0.4) is 0 Å². The van der Waals surface area contributed by atoms with Crippen LogP contribution in [-0.4, -0.2) is 123 Å². The number of carbonyl (C=O) groups is 6. The Bertz CT molecular complexity index is 4000. The van der Waals surface area contributed by atoms with Crippen LogP contribution in [0, 0.1) is 92.7 Å². The maximum Gasteiger partial charge on any atom is 0.331 e. The average molecular weight is 1450 g/mol. The molecular weight excluding hydrogens is 1340 g/mol. The third-order valence-electron chi connectivity index (χ3n) is 27.3. The molecule has 0 saturated heterocycles. The first kappa shape index (κ1) is 77.1. The summed E-state index contributed by atoms with van der Waals surface area (Å²) >= 11 is 0. The van der Waals surface area contributed by atoms with Crippen molar-refractivity contribution in [3.8, 4) is 46.0 Å². The minimum atomic E-state index is -0.829. The lowest BCUT2D eigenvalue weighted by atomic mass is 9.43. The molecule has 8 saturated carbocycles. The molecule has 0 aliphatic heterocycles. The van der Waals surface area contributed by atoms with Crippen molar-refractivity contribution in [1.29, 1.82) is 0 Å². The summed E-state index contributed by atoms with van der Waals surface area (Å²) < 4.78 is 24.7. The molecule has 8 aliphatic rings. The Balaban J connectivity index is 0.000000210. The van der Waals surface area contributed by atoms with Crippen LogP contribution in [0.25, 0.3) is 24.3 Å². The van der Waals surface area contributed by atoms with Gasteiger partial charge >= 0.3 is 35.8 Å². The predicted octanol–water partition coefficient (Wildman–Crippen LogP) is 14.6. The normalized spacial score (nSPS) is 33.7. The van der Waals surface area contributed by atoms with Crippen LogP contribution < -0.4 is 0 Å². The predicted molar refractivity (Wildman–Crippen MR) is 389 cm³/mol. The Morgan fingerprint density at radius 3 is 1.27 bits per heavy atom. The number of carboxylic acids is 2. The van der Waals surface area contributed by atoms with E-state index in [0.29, 0.717) is 84.5 Å². The first-order valence-electron chi connectivity index (χ1n) is 37.5. The summed E-state index contributed by atoms with van der Waals surface area (Å²) in [7, 11) is 0. The largest absolute Gasteiger partial charge is 0.504 e. The topological polar surface area (TPSA) is 362 Å². The van der Waals surface area contributed by atoms with E-state index < -0.39 is 53.4 Å². The van der Waals surface area contributed by atoms with Crippen molar-refractivity contribution in [1.82, 2.24) is 0 Å². The van der Waals surface area contributed by atoms with Crippen molar-refractivity contribution in [2.75, 3.05) is 0 Å². The van der Waals surface area contributed by atoms with Gasteiger partial charge in [0.25, 0.3) is 0 Å². The molecule has 0 amide bonds. The number of aliphatic carboxylic acids is 2. The first-order chi connectivity index (χ1) is 49.8. The van der Waals surface area contributed by atoms with E-state index in [4.69, 9.17) is 18.9 Å². The summed E-state index contributed by atoms with van der Waals surface area (Å²) in [5.41, 5.74) is 1.16. The van der Waals surface area contributed by atoms with Crippen LogP contribution in [-0.2, 0) is 47.7 Å². The standard InChI is InChI=1S/C42H52O11.C42H52O10/c1-23(4-13-37(48)49)28-9-10-29-40-30(22-36(47)42(28,29)3)41(2)17-16-27(52-38(50)14-7-24-5-11-31(43)33(45)18-24)20-26(41)21-35(40)53-39(51)15-8-25-6-12-32(44)34(46)19-25;1-24(4-15-38(47)48)30-11-12-31-29-10-9-27-22-28(51-39(49)16-7-25-5-13-33(43)35(45)20-25)18-19-41(27,2)32(29)23-37(42(30,31)3)52-40(50)17-8-26-6-14-34(44)36(46)21-26/h5-8,11-12,14-15,18-19,23,26-30,35-36,40,43-47H,4,9-10,13,16-17,20-22H2,1-3H3,(H,48,49);5-8,13-14,16-17,20-21,24,27-32,37,43-46H,4,9-12,15,18-19,22-23H2,1-3H3,(H,47,48)/b14-7+,15-8+;16-7+,17-8+/t23?,26?,27-,28?,29+,30+,35-,36+,40+,41+,42-;24?,27?,28-,29+,30?,31+,32+,37+,41+,42-/m11/s1. The molecule has 21 atom stereocenters. The smallest absolute Gasteiger partial charge is 0.331 e. The van der Waals surface area contributed by atoms with E-state index in [1.54, 1.807) is 36.4 Å². The SMILES string of the molecule is CC(CCC(=O)O)C1CC[C@H]2[C@@H]3CCC4C[C@H](OC(=O)/C=C/c5ccc(O)c(O)c5)CC[C@]4(C)[C@H]3C[C@H](OC(=O)/C=C/c3ccc(O)c(O)c3)[C@]12C.CC(CCC(=O)O)C1CC[C@H]2[C@@H]3[C@H](OC(=O)/C=C/c4ccc(O)c(O)c4)CC4C[C@H](OC(=O)/C=C/c5ccc(O)c(O)c5)CC[C@]4(C)[C@H]3C[C@H](O)[C@]12C. The van der Waals surface area contributed by atoms with E-state index in [2.05, 4.69) is 41.5 Å². The van der Waals surface area contributed by atoms with Gasteiger partial charge in [0.15, 0.2) is 46.0 Å². The lowest BCUT2D eigenvalue weighted by Gasteiger charge is -2.64. The molecule has 0 aromatic heterocycles. The minimum Gasteiger partial charge on any atom is -0.504 e.